The van der Waals surface area contributed by atoms with Crippen LogP contribution < -0.4 is 4.72 Å². The minimum absolute atomic E-state index is 0.0216. The van der Waals surface area contributed by atoms with Gasteiger partial charge in [0.1, 0.15) is 4.90 Å². The molecule has 0 bridgehead atoms. The first kappa shape index (κ1) is 14.4. The third-order valence-corrected chi connectivity index (χ3v) is 5.88. The molecule has 2 unspecified atom stereocenters. The van der Waals surface area contributed by atoms with Crippen LogP contribution in [-0.2, 0) is 10.0 Å². The van der Waals surface area contributed by atoms with Gasteiger partial charge in [0.2, 0.25) is 10.0 Å². The van der Waals surface area contributed by atoms with E-state index in [9.17, 15) is 8.42 Å². The van der Waals surface area contributed by atoms with Crippen molar-refractivity contribution in [3.63, 3.8) is 0 Å². The molecule has 0 radical (unpaired) electrons. The van der Waals surface area contributed by atoms with E-state index in [4.69, 9.17) is 0 Å². The van der Waals surface area contributed by atoms with Crippen molar-refractivity contribution in [1.29, 1.82) is 0 Å². The number of pyridine rings is 1. The summed E-state index contributed by atoms with van der Waals surface area (Å²) in [6.07, 6.45) is 5.97. The predicted octanol–water partition coefficient (Wildman–Crippen LogP) is 2.69. The van der Waals surface area contributed by atoms with Crippen molar-refractivity contribution in [2.24, 2.45) is 5.92 Å². The van der Waals surface area contributed by atoms with Crippen LogP contribution in [0.1, 0.15) is 19.3 Å². The third-order valence-electron chi connectivity index (χ3n) is 3.15. The molecule has 1 aromatic rings. The molecule has 1 fully saturated rings. The molecular weight excluding hydrogens is 384 g/mol. The van der Waals surface area contributed by atoms with E-state index in [2.05, 4.69) is 41.6 Å². The van der Waals surface area contributed by atoms with Crippen LogP contribution in [0.2, 0.25) is 0 Å². The molecule has 1 saturated carbocycles. The fraction of sp³-hybridized carbons (Fsp3) is 0.545. The summed E-state index contributed by atoms with van der Waals surface area (Å²) >= 11 is 6.67. The first-order chi connectivity index (χ1) is 8.53. The molecule has 1 aliphatic carbocycles. The van der Waals surface area contributed by atoms with E-state index in [1.807, 2.05) is 0 Å². The fourth-order valence-corrected chi connectivity index (χ4v) is 4.80. The van der Waals surface area contributed by atoms with Crippen LogP contribution in [0.4, 0.5) is 0 Å². The molecule has 18 heavy (non-hydrogen) atoms. The maximum atomic E-state index is 12.2. The first-order valence-electron chi connectivity index (χ1n) is 5.72. The Balaban J connectivity index is 2.17. The standard InChI is InChI=1S/C11H14Br2N2O2S/c12-5-8-2-1-3-11(8)15-18(16,17)10-4-9(13)6-14-7-10/h4,6-8,11,15H,1-3,5H2. The molecule has 1 aliphatic rings. The topological polar surface area (TPSA) is 59.1 Å². The van der Waals surface area contributed by atoms with Crippen molar-refractivity contribution >= 4 is 41.9 Å². The van der Waals surface area contributed by atoms with Gasteiger partial charge in [0, 0.05) is 28.2 Å². The second kappa shape index (κ2) is 5.98. The zero-order valence-electron chi connectivity index (χ0n) is 9.64. The van der Waals surface area contributed by atoms with E-state index in [1.54, 1.807) is 12.3 Å². The van der Waals surface area contributed by atoms with Crippen LogP contribution in [-0.4, -0.2) is 24.8 Å². The van der Waals surface area contributed by atoms with Gasteiger partial charge in [-0.3, -0.25) is 4.98 Å². The highest BCUT2D eigenvalue weighted by molar-refractivity contribution is 9.10. The number of nitrogens with one attached hydrogen (secondary N) is 1. The molecule has 2 atom stereocenters. The van der Waals surface area contributed by atoms with Crippen molar-refractivity contribution in [3.05, 3.63) is 22.9 Å². The lowest BCUT2D eigenvalue weighted by Crippen LogP contribution is -2.37. The Labute approximate surface area is 124 Å². The van der Waals surface area contributed by atoms with Crippen molar-refractivity contribution < 1.29 is 8.42 Å². The van der Waals surface area contributed by atoms with Gasteiger partial charge in [-0.15, -0.1) is 0 Å². The molecule has 0 spiro atoms. The van der Waals surface area contributed by atoms with Crippen molar-refractivity contribution in [2.45, 2.75) is 30.2 Å². The minimum Gasteiger partial charge on any atom is -0.262 e. The summed E-state index contributed by atoms with van der Waals surface area (Å²) in [7, 11) is -3.47. The first-order valence-corrected chi connectivity index (χ1v) is 9.11. The summed E-state index contributed by atoms with van der Waals surface area (Å²) in [5.74, 6) is 0.375. The normalized spacial score (nSPS) is 24.3. The highest BCUT2D eigenvalue weighted by Crippen LogP contribution is 2.28. The number of hydrogen-bond acceptors (Lipinski definition) is 3. The Morgan fingerprint density at radius 1 is 1.39 bits per heavy atom. The highest BCUT2D eigenvalue weighted by Gasteiger charge is 2.30. The van der Waals surface area contributed by atoms with Crippen molar-refractivity contribution in [2.75, 3.05) is 5.33 Å². The average molecular weight is 398 g/mol. The number of sulfonamides is 1. The highest BCUT2D eigenvalue weighted by atomic mass is 79.9. The molecule has 0 saturated heterocycles. The number of aromatic nitrogens is 1. The molecule has 100 valence electrons. The van der Waals surface area contributed by atoms with Crippen LogP contribution in [0, 0.1) is 5.92 Å². The molecule has 4 nitrogen and oxygen atoms in total. The Hall–Kier alpha value is 0.0200. The van der Waals surface area contributed by atoms with E-state index in [0.29, 0.717) is 10.4 Å². The van der Waals surface area contributed by atoms with E-state index in [1.165, 1.54) is 6.20 Å². The molecule has 2 rings (SSSR count). The Kier molecular flexibility index (Phi) is 4.80. The van der Waals surface area contributed by atoms with Crippen LogP contribution in [0.25, 0.3) is 0 Å². The lowest BCUT2D eigenvalue weighted by Gasteiger charge is -2.18. The summed E-state index contributed by atoms with van der Waals surface area (Å²) in [4.78, 5) is 4.09. The number of halogens is 2. The average Bonchev–Trinajstić information content (AvgIpc) is 2.75. The molecule has 0 aromatic carbocycles. The van der Waals surface area contributed by atoms with Gasteiger partial charge >= 0.3 is 0 Å². The van der Waals surface area contributed by atoms with Gasteiger partial charge < -0.3 is 0 Å². The second-order valence-corrected chi connectivity index (χ2v) is 7.69. The molecule has 1 N–H and O–H groups in total. The molecule has 1 aromatic heterocycles. The monoisotopic (exact) mass is 396 g/mol. The molecule has 0 aliphatic heterocycles. The van der Waals surface area contributed by atoms with Gasteiger partial charge in [-0.2, -0.15) is 0 Å². The Morgan fingerprint density at radius 2 is 2.17 bits per heavy atom. The Bertz CT molecular complexity index is 522. The quantitative estimate of drug-likeness (QED) is 0.794. The second-order valence-electron chi connectivity index (χ2n) is 4.41. The summed E-state index contributed by atoms with van der Waals surface area (Å²) in [6, 6.07) is 1.58. The SMILES string of the molecule is O=S(=O)(NC1CCCC1CBr)c1cncc(Br)c1. The maximum absolute atomic E-state index is 12.2. The summed E-state index contributed by atoms with van der Waals surface area (Å²) < 4.78 is 27.9. The van der Waals surface area contributed by atoms with E-state index < -0.39 is 10.0 Å². The number of nitrogens with zero attached hydrogens (tertiary/aromatic N) is 1. The van der Waals surface area contributed by atoms with Gasteiger partial charge in [0.05, 0.1) is 0 Å². The van der Waals surface area contributed by atoms with Gasteiger partial charge in [-0.25, -0.2) is 13.1 Å². The van der Waals surface area contributed by atoms with Gasteiger partial charge in [0.25, 0.3) is 0 Å². The third kappa shape index (κ3) is 3.31. The summed E-state index contributed by atoms with van der Waals surface area (Å²) in [6.45, 7) is 0. The van der Waals surface area contributed by atoms with Gasteiger partial charge in [-0.1, -0.05) is 22.4 Å². The Morgan fingerprint density at radius 3 is 2.83 bits per heavy atom. The lowest BCUT2D eigenvalue weighted by molar-refractivity contribution is 0.484. The van der Waals surface area contributed by atoms with E-state index >= 15 is 0 Å². The number of rotatable bonds is 4. The van der Waals surface area contributed by atoms with Crippen molar-refractivity contribution in [3.8, 4) is 0 Å². The van der Waals surface area contributed by atoms with E-state index in [-0.39, 0.29) is 10.9 Å². The zero-order valence-corrected chi connectivity index (χ0v) is 13.6. The maximum Gasteiger partial charge on any atom is 0.242 e. The largest absolute Gasteiger partial charge is 0.262 e. The fourth-order valence-electron chi connectivity index (χ4n) is 2.18. The van der Waals surface area contributed by atoms with Crippen LogP contribution in [0.5, 0.6) is 0 Å². The molecule has 0 amide bonds. The van der Waals surface area contributed by atoms with Gasteiger partial charge in [0.15, 0.2) is 0 Å². The predicted molar refractivity (Wildman–Crippen MR) is 77.2 cm³/mol. The minimum atomic E-state index is -3.47. The van der Waals surface area contributed by atoms with E-state index in [0.717, 1.165) is 24.6 Å². The number of alkyl halides is 1. The van der Waals surface area contributed by atoms with Gasteiger partial charge in [-0.05, 0) is 40.8 Å². The van der Waals surface area contributed by atoms with Crippen LogP contribution in [0.3, 0.4) is 0 Å². The van der Waals surface area contributed by atoms with Crippen LogP contribution >= 0.6 is 31.9 Å². The van der Waals surface area contributed by atoms with Crippen molar-refractivity contribution in [1.82, 2.24) is 9.71 Å². The smallest absolute Gasteiger partial charge is 0.242 e. The zero-order chi connectivity index (χ0) is 13.2. The summed E-state index contributed by atoms with van der Waals surface area (Å²) in [5, 5.41) is 0.830. The summed E-state index contributed by atoms with van der Waals surface area (Å²) in [5.41, 5.74) is 0. The van der Waals surface area contributed by atoms with Crippen LogP contribution in [0.15, 0.2) is 27.8 Å². The molecule has 7 heteroatoms. The molecular formula is C11H14Br2N2O2S. The number of hydrogen-bond donors (Lipinski definition) is 1. The molecule has 1 heterocycles. The lowest BCUT2D eigenvalue weighted by atomic mass is 10.1.